The Hall–Kier alpha value is -3.36. The predicted octanol–water partition coefficient (Wildman–Crippen LogP) is 7.12. The zero-order valence-electron chi connectivity index (χ0n) is 20.9. The monoisotopic (exact) mass is 626 g/mol. The minimum atomic E-state index is -1.93. The van der Waals surface area contributed by atoms with Crippen LogP contribution in [0.15, 0.2) is 101 Å². The first kappa shape index (κ1) is 28.6. The molecule has 2 N–H and O–H groups in total. The molecule has 9 heteroatoms. The minimum absolute atomic E-state index is 0.204. The molecule has 0 aromatic heterocycles. The van der Waals surface area contributed by atoms with E-state index in [9.17, 15) is 9.90 Å². The van der Waals surface area contributed by atoms with Crippen molar-refractivity contribution in [2.75, 3.05) is 6.61 Å². The third-order valence-electron chi connectivity index (χ3n) is 5.81. The number of halogens is 3. The van der Waals surface area contributed by atoms with Crippen LogP contribution in [0, 0.1) is 0 Å². The van der Waals surface area contributed by atoms with Gasteiger partial charge in [0.1, 0.15) is 6.61 Å². The molecule has 0 saturated heterocycles. The molecule has 4 aromatic rings. The number of benzene rings is 4. The molecule has 0 saturated carbocycles. The summed E-state index contributed by atoms with van der Waals surface area (Å²) in [5.74, 6) is 0.279. The number of ether oxygens (including phenoxy) is 2. The molecule has 0 fully saturated rings. The fourth-order valence-electron chi connectivity index (χ4n) is 3.89. The number of nitrogens with one attached hydrogen (secondary N) is 1. The quantitative estimate of drug-likeness (QED) is 0.145. The summed E-state index contributed by atoms with van der Waals surface area (Å²) in [7, 11) is 0. The molecule has 0 spiro atoms. The highest BCUT2D eigenvalue weighted by molar-refractivity contribution is 9.10. The first-order valence-electron chi connectivity index (χ1n) is 12.0. The zero-order valence-corrected chi connectivity index (χ0v) is 24.0. The van der Waals surface area contributed by atoms with E-state index in [-0.39, 0.29) is 6.61 Å². The van der Waals surface area contributed by atoms with E-state index in [1.54, 1.807) is 78.9 Å². The number of amides is 1. The molecule has 1 amide bonds. The second kappa shape index (κ2) is 13.1. The van der Waals surface area contributed by atoms with E-state index in [1.165, 1.54) is 6.21 Å². The lowest BCUT2D eigenvalue weighted by molar-refractivity contribution is -0.136. The summed E-state index contributed by atoms with van der Waals surface area (Å²) < 4.78 is 12.4. The van der Waals surface area contributed by atoms with Gasteiger partial charge in [0.2, 0.25) is 0 Å². The standard InChI is InChI=1S/C30H25BrCl2N2O4/c1-2-38-27-16-20(15-25(31)28(27)39-19-21-13-14-24(32)17-26(21)33)18-34-35-29(36)30(37,22-9-5-3-6-10-22)23-11-7-4-8-12-23/h3-18,37H,2,19H2,1H3,(H,35,36)/b34-18-. The van der Waals surface area contributed by atoms with Crippen LogP contribution in [0.1, 0.15) is 29.2 Å². The molecule has 0 aliphatic rings. The van der Waals surface area contributed by atoms with Gasteiger partial charge >= 0.3 is 0 Å². The highest BCUT2D eigenvalue weighted by atomic mass is 79.9. The fraction of sp³-hybridized carbons (Fsp3) is 0.133. The van der Waals surface area contributed by atoms with Crippen molar-refractivity contribution in [2.45, 2.75) is 19.1 Å². The summed E-state index contributed by atoms with van der Waals surface area (Å²) >= 11 is 15.8. The number of nitrogens with zero attached hydrogens (tertiary/aromatic N) is 1. The second-order valence-corrected chi connectivity index (χ2v) is 10.1. The number of rotatable bonds is 10. The van der Waals surface area contributed by atoms with Gasteiger partial charge in [-0.25, -0.2) is 5.43 Å². The van der Waals surface area contributed by atoms with E-state index in [0.29, 0.717) is 49.3 Å². The molecule has 0 heterocycles. The molecule has 200 valence electrons. The third-order valence-corrected chi connectivity index (χ3v) is 6.99. The number of aliphatic hydroxyl groups is 1. The van der Waals surface area contributed by atoms with Crippen LogP contribution in [0.4, 0.5) is 0 Å². The first-order valence-corrected chi connectivity index (χ1v) is 13.6. The van der Waals surface area contributed by atoms with Crippen molar-refractivity contribution in [3.63, 3.8) is 0 Å². The van der Waals surface area contributed by atoms with Gasteiger partial charge in [-0.2, -0.15) is 5.10 Å². The maximum atomic E-state index is 13.3. The van der Waals surface area contributed by atoms with Gasteiger partial charge < -0.3 is 14.6 Å². The molecule has 0 aliphatic carbocycles. The van der Waals surface area contributed by atoms with Crippen molar-refractivity contribution < 1.29 is 19.4 Å². The molecule has 0 bridgehead atoms. The maximum absolute atomic E-state index is 13.3. The lowest BCUT2D eigenvalue weighted by Crippen LogP contribution is -2.43. The van der Waals surface area contributed by atoms with Crippen molar-refractivity contribution in [3.05, 3.63) is 128 Å². The number of carbonyl (C=O) groups excluding carboxylic acids is 1. The Morgan fingerprint density at radius 2 is 1.62 bits per heavy atom. The Morgan fingerprint density at radius 1 is 0.974 bits per heavy atom. The van der Waals surface area contributed by atoms with Crippen molar-refractivity contribution in [3.8, 4) is 11.5 Å². The lowest BCUT2D eigenvalue weighted by Gasteiger charge is -2.27. The van der Waals surface area contributed by atoms with Crippen LogP contribution < -0.4 is 14.9 Å². The molecule has 0 radical (unpaired) electrons. The highest BCUT2D eigenvalue weighted by Crippen LogP contribution is 2.38. The third kappa shape index (κ3) is 6.81. The molecule has 4 aromatic carbocycles. The molecule has 6 nitrogen and oxygen atoms in total. The van der Waals surface area contributed by atoms with Gasteiger partial charge in [0.05, 0.1) is 17.3 Å². The van der Waals surface area contributed by atoms with Gasteiger partial charge in [0.15, 0.2) is 17.1 Å². The second-order valence-electron chi connectivity index (χ2n) is 8.43. The van der Waals surface area contributed by atoms with Crippen molar-refractivity contribution in [2.24, 2.45) is 5.10 Å². The number of hydrogen-bond donors (Lipinski definition) is 2. The van der Waals surface area contributed by atoms with Crippen LogP contribution in [-0.2, 0) is 17.0 Å². The van der Waals surface area contributed by atoms with Gasteiger partial charge in [-0.15, -0.1) is 0 Å². The lowest BCUT2D eigenvalue weighted by atomic mass is 9.85. The van der Waals surface area contributed by atoms with Crippen LogP contribution in [0.2, 0.25) is 10.0 Å². The average Bonchev–Trinajstić information content (AvgIpc) is 2.94. The molecular weight excluding hydrogens is 603 g/mol. The van der Waals surface area contributed by atoms with Crippen LogP contribution in [0.3, 0.4) is 0 Å². The molecular formula is C30H25BrCl2N2O4. The first-order chi connectivity index (χ1) is 18.8. The topological polar surface area (TPSA) is 80.2 Å². The van der Waals surface area contributed by atoms with E-state index in [0.717, 1.165) is 5.56 Å². The van der Waals surface area contributed by atoms with Gasteiger partial charge in [-0.3, -0.25) is 4.79 Å². The van der Waals surface area contributed by atoms with E-state index in [2.05, 4.69) is 26.5 Å². The molecule has 0 atom stereocenters. The Kier molecular flexibility index (Phi) is 9.64. The Bertz CT molecular complexity index is 1430. The van der Waals surface area contributed by atoms with Gasteiger partial charge in [-0.1, -0.05) is 89.9 Å². The van der Waals surface area contributed by atoms with Crippen LogP contribution in [-0.4, -0.2) is 23.8 Å². The van der Waals surface area contributed by atoms with E-state index >= 15 is 0 Å². The average molecular weight is 628 g/mol. The Balaban J connectivity index is 1.54. The van der Waals surface area contributed by atoms with Gasteiger partial charge in [-0.05, 0) is 63.8 Å². The van der Waals surface area contributed by atoms with Crippen molar-refractivity contribution in [1.29, 1.82) is 0 Å². The molecule has 0 aliphatic heterocycles. The van der Waals surface area contributed by atoms with E-state index < -0.39 is 11.5 Å². The summed E-state index contributed by atoms with van der Waals surface area (Å²) in [6, 6.07) is 26.2. The fourth-order valence-corrected chi connectivity index (χ4v) is 4.93. The Labute approximate surface area is 245 Å². The smallest absolute Gasteiger partial charge is 0.281 e. The summed E-state index contributed by atoms with van der Waals surface area (Å²) in [6.45, 7) is 2.47. The van der Waals surface area contributed by atoms with E-state index in [1.807, 2.05) is 19.1 Å². The number of hydrogen-bond acceptors (Lipinski definition) is 5. The zero-order chi connectivity index (χ0) is 27.8. The van der Waals surface area contributed by atoms with Crippen LogP contribution >= 0.6 is 39.1 Å². The summed E-state index contributed by atoms with van der Waals surface area (Å²) in [4.78, 5) is 13.3. The van der Waals surface area contributed by atoms with Gasteiger partial charge in [0.25, 0.3) is 5.91 Å². The van der Waals surface area contributed by atoms with E-state index in [4.69, 9.17) is 32.7 Å². The Morgan fingerprint density at radius 3 is 2.21 bits per heavy atom. The molecule has 0 unspecified atom stereocenters. The normalized spacial score (nSPS) is 11.4. The maximum Gasteiger partial charge on any atom is 0.281 e. The summed E-state index contributed by atoms with van der Waals surface area (Å²) in [5.41, 5.74) is 2.80. The van der Waals surface area contributed by atoms with Crippen LogP contribution in [0.25, 0.3) is 0 Å². The van der Waals surface area contributed by atoms with Crippen LogP contribution in [0.5, 0.6) is 11.5 Å². The largest absolute Gasteiger partial charge is 0.490 e. The number of carbonyl (C=O) groups is 1. The van der Waals surface area contributed by atoms with Crippen molar-refractivity contribution in [1.82, 2.24) is 5.43 Å². The molecule has 39 heavy (non-hydrogen) atoms. The highest BCUT2D eigenvalue weighted by Gasteiger charge is 2.39. The van der Waals surface area contributed by atoms with Gasteiger partial charge in [0, 0.05) is 15.6 Å². The predicted molar refractivity (Wildman–Crippen MR) is 158 cm³/mol. The summed E-state index contributed by atoms with van der Waals surface area (Å²) in [5, 5.41) is 16.7. The minimum Gasteiger partial charge on any atom is -0.490 e. The summed E-state index contributed by atoms with van der Waals surface area (Å²) in [6.07, 6.45) is 1.46. The molecule has 4 rings (SSSR count). The SMILES string of the molecule is CCOc1cc(/C=N\NC(=O)C(O)(c2ccccc2)c2ccccc2)cc(Br)c1OCc1ccc(Cl)cc1Cl. The van der Waals surface area contributed by atoms with Crippen molar-refractivity contribution >= 4 is 51.3 Å². The number of hydrazone groups is 1.